The van der Waals surface area contributed by atoms with E-state index in [9.17, 15) is 13.2 Å². The van der Waals surface area contributed by atoms with Gasteiger partial charge in [0.2, 0.25) is 15.9 Å². The fourth-order valence-corrected chi connectivity index (χ4v) is 4.93. The number of carbonyl (C=O) groups is 1. The number of piperazine rings is 1. The Bertz CT molecular complexity index is 1220. The molecule has 0 aliphatic carbocycles. The first kappa shape index (κ1) is 21.3. The number of sulfonamides is 1. The summed E-state index contributed by atoms with van der Waals surface area (Å²) in [5, 5.41) is 2.20. The van der Waals surface area contributed by atoms with E-state index in [0.29, 0.717) is 13.1 Å². The number of fused-ring (bicyclic) bond motifs is 1. The van der Waals surface area contributed by atoms with E-state index in [2.05, 4.69) is 6.07 Å². The normalized spacial score (nSPS) is 15.7. The maximum absolute atomic E-state index is 12.8. The van der Waals surface area contributed by atoms with Gasteiger partial charge in [-0.25, -0.2) is 8.42 Å². The third-order valence-electron chi connectivity index (χ3n) is 5.79. The van der Waals surface area contributed by atoms with Crippen LogP contribution in [0.1, 0.15) is 22.3 Å². The molecule has 7 heteroatoms. The highest BCUT2D eigenvalue weighted by Gasteiger charge is 2.27. The second-order valence-corrected chi connectivity index (χ2v) is 9.73. The second kappa shape index (κ2) is 8.69. The third-order valence-corrected chi connectivity index (χ3v) is 7.36. The third kappa shape index (κ3) is 4.73. The molecule has 1 aliphatic rings. The first-order valence-corrected chi connectivity index (χ1v) is 11.8. The number of rotatable bonds is 5. The average molecular weight is 439 g/mol. The molecule has 31 heavy (non-hydrogen) atoms. The molecule has 3 aromatic rings. The summed E-state index contributed by atoms with van der Waals surface area (Å²) in [7, 11) is -3.52. The number of nitrogens with zero attached hydrogens (tertiary/aromatic N) is 2. The highest BCUT2D eigenvalue weighted by molar-refractivity contribution is 7.92. The van der Waals surface area contributed by atoms with Gasteiger partial charge in [-0.3, -0.25) is 4.79 Å². The van der Waals surface area contributed by atoms with Crippen LogP contribution >= 0.6 is 0 Å². The minimum atomic E-state index is -3.52. The van der Waals surface area contributed by atoms with E-state index >= 15 is 0 Å². The summed E-state index contributed by atoms with van der Waals surface area (Å²) in [4.78, 5) is 14.6. The summed E-state index contributed by atoms with van der Waals surface area (Å²) in [6.07, 6.45) is 3.49. The van der Waals surface area contributed by atoms with Gasteiger partial charge >= 0.3 is 0 Å². The first-order chi connectivity index (χ1) is 14.8. The van der Waals surface area contributed by atoms with E-state index in [-0.39, 0.29) is 25.4 Å². The average Bonchev–Trinajstić information content (AvgIpc) is 3.14. The number of furan rings is 1. The fourth-order valence-electron chi connectivity index (χ4n) is 3.75. The SMILES string of the molecule is Cc1cc2occ(CC(=O)N3CCN(S(=O)(=O)/C=C/c4ccccc4)CC3)c2cc1C. The quantitative estimate of drug-likeness (QED) is 0.609. The molecule has 0 N–H and O–H groups in total. The molecule has 2 aromatic carbocycles. The van der Waals surface area contributed by atoms with Crippen LogP contribution in [0.4, 0.5) is 0 Å². The molecule has 0 unspecified atom stereocenters. The fraction of sp³-hybridized carbons (Fsp3) is 0.292. The lowest BCUT2D eigenvalue weighted by Crippen LogP contribution is -2.50. The molecular weight excluding hydrogens is 412 g/mol. The number of aryl methyl sites for hydroxylation is 2. The molecule has 0 saturated carbocycles. The van der Waals surface area contributed by atoms with Crippen molar-refractivity contribution in [2.45, 2.75) is 20.3 Å². The zero-order chi connectivity index (χ0) is 22.0. The Morgan fingerprint density at radius 2 is 1.71 bits per heavy atom. The van der Waals surface area contributed by atoms with Crippen LogP contribution in [0.15, 0.2) is 58.6 Å². The lowest BCUT2D eigenvalue weighted by atomic mass is 10.0. The molecule has 1 saturated heterocycles. The molecule has 1 aromatic heterocycles. The van der Waals surface area contributed by atoms with Crippen molar-refractivity contribution in [2.75, 3.05) is 26.2 Å². The van der Waals surface area contributed by atoms with E-state index in [1.54, 1.807) is 17.2 Å². The van der Waals surface area contributed by atoms with E-state index < -0.39 is 10.0 Å². The lowest BCUT2D eigenvalue weighted by molar-refractivity contribution is -0.131. The molecule has 162 valence electrons. The van der Waals surface area contributed by atoms with Crippen molar-refractivity contribution in [2.24, 2.45) is 0 Å². The van der Waals surface area contributed by atoms with Gasteiger partial charge in [0.05, 0.1) is 12.7 Å². The summed E-state index contributed by atoms with van der Waals surface area (Å²) in [5.74, 6) is -0.0159. The summed E-state index contributed by atoms with van der Waals surface area (Å²) >= 11 is 0. The van der Waals surface area contributed by atoms with Crippen LogP contribution in [-0.4, -0.2) is 49.7 Å². The van der Waals surface area contributed by atoms with Crippen molar-refractivity contribution in [3.8, 4) is 0 Å². The summed E-state index contributed by atoms with van der Waals surface area (Å²) in [6, 6.07) is 13.4. The van der Waals surface area contributed by atoms with Crippen molar-refractivity contribution in [3.63, 3.8) is 0 Å². The highest BCUT2D eigenvalue weighted by atomic mass is 32.2. The van der Waals surface area contributed by atoms with Crippen LogP contribution in [-0.2, 0) is 21.2 Å². The predicted octanol–water partition coefficient (Wildman–Crippen LogP) is 3.74. The van der Waals surface area contributed by atoms with Crippen molar-refractivity contribution < 1.29 is 17.6 Å². The highest BCUT2D eigenvalue weighted by Crippen LogP contribution is 2.25. The molecule has 6 nitrogen and oxygen atoms in total. The molecule has 0 bridgehead atoms. The Kier molecular flexibility index (Phi) is 5.98. The van der Waals surface area contributed by atoms with Gasteiger partial charge in [-0.05, 0) is 48.7 Å². The second-order valence-electron chi connectivity index (χ2n) is 7.91. The maximum Gasteiger partial charge on any atom is 0.236 e. The Morgan fingerprint density at radius 3 is 2.42 bits per heavy atom. The van der Waals surface area contributed by atoms with Gasteiger partial charge in [0.1, 0.15) is 5.58 Å². The van der Waals surface area contributed by atoms with Gasteiger partial charge in [0.25, 0.3) is 0 Å². The topological polar surface area (TPSA) is 70.8 Å². The largest absolute Gasteiger partial charge is 0.464 e. The Morgan fingerprint density at radius 1 is 1.03 bits per heavy atom. The Hall–Kier alpha value is -2.90. The van der Waals surface area contributed by atoms with E-state index in [4.69, 9.17) is 4.42 Å². The van der Waals surface area contributed by atoms with Gasteiger partial charge in [-0.15, -0.1) is 0 Å². The van der Waals surface area contributed by atoms with Crippen molar-refractivity contribution >= 4 is 33.0 Å². The summed E-state index contributed by atoms with van der Waals surface area (Å²) in [6.45, 7) is 5.41. The van der Waals surface area contributed by atoms with Crippen LogP contribution in [0.5, 0.6) is 0 Å². The van der Waals surface area contributed by atoms with E-state index in [1.165, 1.54) is 9.71 Å². The molecule has 4 rings (SSSR count). The van der Waals surface area contributed by atoms with Crippen LogP contribution in [0.2, 0.25) is 0 Å². The van der Waals surface area contributed by atoms with Gasteiger partial charge in [-0.1, -0.05) is 30.3 Å². The molecule has 0 radical (unpaired) electrons. The van der Waals surface area contributed by atoms with Gasteiger partial charge in [0.15, 0.2) is 0 Å². The monoisotopic (exact) mass is 438 g/mol. The van der Waals surface area contributed by atoms with Gasteiger partial charge in [-0.2, -0.15) is 4.31 Å². The number of hydrogen-bond donors (Lipinski definition) is 0. The number of benzene rings is 2. The van der Waals surface area contributed by atoms with Crippen molar-refractivity contribution in [1.82, 2.24) is 9.21 Å². The van der Waals surface area contributed by atoms with Gasteiger partial charge < -0.3 is 9.32 Å². The minimum absolute atomic E-state index is 0.0159. The van der Waals surface area contributed by atoms with Gasteiger partial charge in [0, 0.05) is 42.5 Å². The number of carbonyl (C=O) groups excluding carboxylic acids is 1. The summed E-state index contributed by atoms with van der Waals surface area (Å²) in [5.41, 5.74) is 4.79. The van der Waals surface area contributed by atoms with E-state index in [0.717, 1.165) is 33.2 Å². The van der Waals surface area contributed by atoms with Crippen LogP contribution < -0.4 is 0 Å². The minimum Gasteiger partial charge on any atom is -0.464 e. The van der Waals surface area contributed by atoms with Crippen molar-refractivity contribution in [3.05, 3.63) is 76.4 Å². The molecule has 0 spiro atoms. The molecule has 1 aliphatic heterocycles. The van der Waals surface area contributed by atoms with Crippen molar-refractivity contribution in [1.29, 1.82) is 0 Å². The Balaban J connectivity index is 1.38. The molecule has 1 fully saturated rings. The summed E-state index contributed by atoms with van der Waals surface area (Å²) < 4.78 is 32.3. The smallest absolute Gasteiger partial charge is 0.236 e. The number of amides is 1. The van der Waals surface area contributed by atoms with E-state index in [1.807, 2.05) is 50.2 Å². The Labute approximate surface area is 182 Å². The maximum atomic E-state index is 12.8. The predicted molar refractivity (Wildman–Crippen MR) is 122 cm³/mol. The molecular formula is C24H26N2O4S. The molecule has 1 amide bonds. The zero-order valence-corrected chi connectivity index (χ0v) is 18.6. The standard InChI is InChI=1S/C24H26N2O4S/c1-18-14-22-21(17-30-23(22)15-19(18)2)16-24(27)25-9-11-26(12-10-25)31(28,29)13-8-20-6-4-3-5-7-20/h3-8,13-15,17H,9-12,16H2,1-2H3/b13-8+. The number of hydrogen-bond acceptors (Lipinski definition) is 4. The first-order valence-electron chi connectivity index (χ1n) is 10.3. The molecule has 0 atom stereocenters. The van der Waals surface area contributed by atoms with Crippen LogP contribution in [0, 0.1) is 13.8 Å². The lowest BCUT2D eigenvalue weighted by Gasteiger charge is -2.33. The molecule has 2 heterocycles. The zero-order valence-electron chi connectivity index (χ0n) is 17.7. The van der Waals surface area contributed by atoms with Crippen LogP contribution in [0.3, 0.4) is 0 Å². The van der Waals surface area contributed by atoms with Crippen LogP contribution in [0.25, 0.3) is 17.0 Å².